The fraction of sp³-hybridized carbons (Fsp3) is 0. The molecule has 0 saturated carbocycles. The molecule has 0 unspecified atom stereocenters. The highest BCUT2D eigenvalue weighted by atomic mass is 16.2. The van der Waals surface area contributed by atoms with Crippen molar-refractivity contribution in [2.75, 3.05) is 0 Å². The lowest BCUT2D eigenvalue weighted by atomic mass is 10.1. The predicted molar refractivity (Wildman–Crippen MR) is 64.8 cm³/mol. The van der Waals surface area contributed by atoms with Crippen molar-refractivity contribution in [1.82, 2.24) is 9.97 Å². The van der Waals surface area contributed by atoms with Gasteiger partial charge in [0.25, 0.3) is 0 Å². The molecular formula is C13H6N4O. The van der Waals surface area contributed by atoms with Crippen molar-refractivity contribution < 1.29 is 4.79 Å². The third-order valence-electron chi connectivity index (χ3n) is 3.04. The lowest BCUT2D eigenvalue weighted by molar-refractivity contribution is 0.257. The number of fused-ring (bicyclic) bond motifs is 5. The van der Waals surface area contributed by atoms with E-state index in [1.807, 2.05) is 18.2 Å². The molecule has 2 heterocycles. The molecule has 0 aliphatic carbocycles. The van der Waals surface area contributed by atoms with Crippen LogP contribution in [0.3, 0.4) is 0 Å². The topological polar surface area (TPSA) is 67.6 Å². The summed E-state index contributed by atoms with van der Waals surface area (Å²) >= 11 is 0. The Bertz CT molecular complexity index is 946. The fourth-order valence-electron chi connectivity index (χ4n) is 2.26. The summed E-state index contributed by atoms with van der Waals surface area (Å²) in [5, 5.41) is 4.08. The van der Waals surface area contributed by atoms with Crippen molar-refractivity contribution >= 4 is 27.7 Å². The second kappa shape index (κ2) is 3.16. The van der Waals surface area contributed by atoms with Gasteiger partial charge in [-0.25, -0.2) is 14.8 Å². The van der Waals surface area contributed by atoms with E-state index in [1.54, 1.807) is 12.3 Å². The van der Waals surface area contributed by atoms with Crippen LogP contribution in [0.25, 0.3) is 21.7 Å². The number of rotatable bonds is 0. The predicted octanol–water partition coefficient (Wildman–Crippen LogP) is 1.16. The Kier molecular flexibility index (Phi) is 1.64. The van der Waals surface area contributed by atoms with Gasteiger partial charge < -0.3 is 0 Å². The van der Waals surface area contributed by atoms with E-state index in [0.29, 0.717) is 10.7 Å². The summed E-state index contributed by atoms with van der Waals surface area (Å²) in [4.78, 5) is 27.3. The molecule has 0 saturated heterocycles. The lowest BCUT2D eigenvalue weighted by Gasteiger charge is -2.01. The molecule has 5 nitrogen and oxygen atoms in total. The summed E-state index contributed by atoms with van der Waals surface area (Å²) in [6.07, 6.45) is 3.28. The zero-order valence-electron chi connectivity index (χ0n) is 9.16. The third kappa shape index (κ3) is 1.13. The van der Waals surface area contributed by atoms with Crippen molar-refractivity contribution in [2.45, 2.75) is 0 Å². The van der Waals surface area contributed by atoms with Crippen molar-refractivity contribution in [3.8, 4) is 0 Å². The summed E-state index contributed by atoms with van der Waals surface area (Å²) in [5.74, 6) is 0. The molecule has 1 aliphatic rings. The molecule has 1 aliphatic heterocycles. The van der Waals surface area contributed by atoms with Crippen molar-refractivity contribution in [3.63, 3.8) is 0 Å². The second-order valence-corrected chi connectivity index (χ2v) is 4.06. The van der Waals surface area contributed by atoms with Crippen molar-refractivity contribution in [1.29, 1.82) is 0 Å². The van der Waals surface area contributed by atoms with E-state index >= 15 is 0 Å². The first-order chi connectivity index (χ1) is 8.83. The molecule has 4 rings (SSSR count). The van der Waals surface area contributed by atoms with E-state index < -0.39 is 6.03 Å². The van der Waals surface area contributed by atoms with Crippen LogP contribution in [0.15, 0.2) is 46.8 Å². The Morgan fingerprint density at radius 3 is 2.78 bits per heavy atom. The van der Waals surface area contributed by atoms with Gasteiger partial charge in [-0.3, -0.25) is 0 Å². The molecule has 84 valence electrons. The van der Waals surface area contributed by atoms with E-state index in [2.05, 4.69) is 20.0 Å². The minimum Gasteiger partial charge on any atom is -0.244 e. The van der Waals surface area contributed by atoms with Gasteiger partial charge in [0, 0.05) is 22.4 Å². The Morgan fingerprint density at radius 2 is 1.83 bits per heavy atom. The van der Waals surface area contributed by atoms with Crippen LogP contribution in [-0.4, -0.2) is 16.0 Å². The largest absolute Gasteiger partial charge is 0.368 e. The Labute approximate surface area is 101 Å². The lowest BCUT2D eigenvalue weighted by Crippen LogP contribution is -2.22. The van der Waals surface area contributed by atoms with Crippen LogP contribution in [0.1, 0.15) is 0 Å². The van der Waals surface area contributed by atoms with Crippen LogP contribution in [0.2, 0.25) is 0 Å². The maximum atomic E-state index is 11.2. The van der Waals surface area contributed by atoms with Gasteiger partial charge in [-0.1, -0.05) is 12.1 Å². The molecule has 0 N–H and O–H groups in total. The summed E-state index contributed by atoms with van der Waals surface area (Å²) in [7, 11) is 0. The molecule has 0 radical (unpaired) electrons. The molecule has 1 aromatic heterocycles. The van der Waals surface area contributed by atoms with Crippen LogP contribution in [0.4, 0.5) is 4.79 Å². The first-order valence-electron chi connectivity index (χ1n) is 5.46. The highest BCUT2D eigenvalue weighted by Crippen LogP contribution is 2.19. The first-order valence-corrected chi connectivity index (χ1v) is 5.46. The SMILES string of the molecule is O=C1N=c2ccc3c(ccc4cncnc43)c2=N1. The average Bonchev–Trinajstić information content (AvgIpc) is 2.79. The summed E-state index contributed by atoms with van der Waals surface area (Å²) in [6, 6.07) is 7.13. The second-order valence-electron chi connectivity index (χ2n) is 4.06. The van der Waals surface area contributed by atoms with E-state index in [4.69, 9.17) is 0 Å². The standard InChI is InChI=1S/C13H6N4O/c18-13-16-10-4-3-8-9(12(10)17-13)2-1-7-5-14-6-15-11(7)8/h1-6H. The summed E-state index contributed by atoms with van der Waals surface area (Å²) in [5.41, 5.74) is 0.861. The molecule has 5 heteroatoms. The average molecular weight is 234 g/mol. The monoisotopic (exact) mass is 234 g/mol. The molecular weight excluding hydrogens is 228 g/mol. The molecule has 0 bridgehead atoms. The molecule has 2 aromatic carbocycles. The van der Waals surface area contributed by atoms with Gasteiger partial charge >= 0.3 is 6.03 Å². The molecule has 2 amide bonds. The number of hydrogen-bond acceptors (Lipinski definition) is 3. The van der Waals surface area contributed by atoms with E-state index in [9.17, 15) is 4.79 Å². The van der Waals surface area contributed by atoms with E-state index in [1.165, 1.54) is 6.33 Å². The minimum atomic E-state index is -0.444. The first kappa shape index (κ1) is 9.35. The number of urea groups is 1. The Hall–Kier alpha value is -2.69. The normalized spacial score (nSPS) is 13.4. The number of carbonyl (C=O) groups excluding carboxylic acids is 1. The number of nitrogens with zero attached hydrogens (tertiary/aromatic N) is 4. The quantitative estimate of drug-likeness (QED) is 0.548. The van der Waals surface area contributed by atoms with Gasteiger partial charge in [-0.2, -0.15) is 9.98 Å². The molecule has 0 fully saturated rings. The van der Waals surface area contributed by atoms with Gasteiger partial charge in [0.2, 0.25) is 0 Å². The van der Waals surface area contributed by atoms with Crippen molar-refractivity contribution in [2.24, 2.45) is 9.98 Å². The zero-order valence-corrected chi connectivity index (χ0v) is 9.16. The van der Waals surface area contributed by atoms with Crippen molar-refractivity contribution in [3.05, 3.63) is 47.5 Å². The van der Waals surface area contributed by atoms with Crippen LogP contribution in [0, 0.1) is 0 Å². The van der Waals surface area contributed by atoms with Gasteiger partial charge in [0.05, 0.1) is 10.9 Å². The molecule has 0 spiro atoms. The van der Waals surface area contributed by atoms with Crippen LogP contribution in [0.5, 0.6) is 0 Å². The smallest absolute Gasteiger partial charge is 0.244 e. The number of hydrogen-bond donors (Lipinski definition) is 0. The third-order valence-corrected chi connectivity index (χ3v) is 3.04. The Morgan fingerprint density at radius 1 is 0.944 bits per heavy atom. The number of carbonyl (C=O) groups is 1. The summed E-state index contributed by atoms with van der Waals surface area (Å²) < 4.78 is 0. The zero-order chi connectivity index (χ0) is 12.1. The van der Waals surface area contributed by atoms with E-state index in [-0.39, 0.29) is 0 Å². The number of benzene rings is 2. The molecule has 3 aromatic rings. The summed E-state index contributed by atoms with van der Waals surface area (Å²) in [6.45, 7) is 0. The minimum absolute atomic E-state index is 0.444. The van der Waals surface area contributed by atoms with Crippen LogP contribution in [-0.2, 0) is 0 Å². The Balaban J connectivity index is 2.33. The molecule has 0 atom stereocenters. The highest BCUT2D eigenvalue weighted by Gasteiger charge is 2.10. The van der Waals surface area contributed by atoms with Crippen LogP contribution < -0.4 is 10.7 Å². The van der Waals surface area contributed by atoms with E-state index in [0.717, 1.165) is 21.7 Å². The van der Waals surface area contributed by atoms with Gasteiger partial charge in [-0.05, 0) is 12.1 Å². The number of amides is 2. The fourth-order valence-corrected chi connectivity index (χ4v) is 2.26. The van der Waals surface area contributed by atoms with Gasteiger partial charge in [0.15, 0.2) is 0 Å². The van der Waals surface area contributed by atoms with Gasteiger partial charge in [-0.15, -0.1) is 0 Å². The van der Waals surface area contributed by atoms with Crippen LogP contribution >= 0.6 is 0 Å². The maximum Gasteiger partial charge on any atom is 0.368 e. The van der Waals surface area contributed by atoms with Gasteiger partial charge in [0.1, 0.15) is 11.7 Å². The maximum absolute atomic E-state index is 11.2. The highest BCUT2D eigenvalue weighted by molar-refractivity contribution is 6.04. The number of aromatic nitrogens is 2. The molecule has 18 heavy (non-hydrogen) atoms.